The van der Waals surface area contributed by atoms with Gasteiger partial charge in [0.2, 0.25) is 0 Å². The number of halogens is 1. The van der Waals surface area contributed by atoms with Crippen LogP contribution in [0.3, 0.4) is 0 Å². The van der Waals surface area contributed by atoms with Gasteiger partial charge < -0.3 is 0 Å². The summed E-state index contributed by atoms with van der Waals surface area (Å²) in [6.07, 6.45) is 3.73. The molecule has 3 nitrogen and oxygen atoms in total. The van der Waals surface area contributed by atoms with E-state index in [4.69, 9.17) is 24.9 Å². The van der Waals surface area contributed by atoms with Crippen LogP contribution in [0.2, 0.25) is 0 Å². The summed E-state index contributed by atoms with van der Waals surface area (Å²) in [5, 5.41) is 0. The Labute approximate surface area is 87.2 Å². The Morgan fingerprint density at radius 2 is 1.73 bits per heavy atom. The van der Waals surface area contributed by atoms with Crippen molar-refractivity contribution in [3.05, 3.63) is 0 Å². The zero-order valence-corrected chi connectivity index (χ0v) is 7.49. The fraction of sp³-hybridized carbons (Fsp3) is 1.00. The van der Waals surface area contributed by atoms with Crippen LogP contribution in [0.5, 0.6) is 0 Å². The van der Waals surface area contributed by atoms with Gasteiger partial charge in [-0.1, -0.05) is 19.8 Å². The molecular weight excluding hydrogens is 183 g/mol. The maximum absolute atomic E-state index is 8.67. The molecule has 0 bridgehead atoms. The predicted octanol–water partition coefficient (Wildman–Crippen LogP) is 1.45. The molecule has 0 radical (unpaired) electrons. The van der Waals surface area contributed by atoms with Gasteiger partial charge in [-0.05, 0) is 6.42 Å². The average Bonchev–Trinajstić information content (AvgIpc) is 1.82. The molecule has 0 aromatic carbocycles. The van der Waals surface area contributed by atoms with Crippen molar-refractivity contribution in [2.24, 2.45) is 0 Å². The van der Waals surface area contributed by atoms with Crippen LogP contribution < -0.4 is 0 Å². The van der Waals surface area contributed by atoms with Crippen molar-refractivity contribution in [3.8, 4) is 0 Å². The molecule has 66 valence electrons. The zero-order valence-electron chi connectivity index (χ0n) is 5.92. The number of hydrogen-bond donors (Lipinski definition) is 2. The van der Waals surface area contributed by atoms with Gasteiger partial charge in [0.05, 0.1) is 0 Å². The molecule has 11 heavy (non-hydrogen) atoms. The second-order valence-electron chi connectivity index (χ2n) is 1.63. The van der Waals surface area contributed by atoms with Crippen LogP contribution in [0, 0.1) is 0 Å². The van der Waals surface area contributed by atoms with Gasteiger partial charge in [-0.3, -0.25) is 9.11 Å². The molecular formula is C5H14ClLiO3S. The molecule has 0 saturated carbocycles. The van der Waals surface area contributed by atoms with Crippen LogP contribution in [0.15, 0.2) is 0 Å². The van der Waals surface area contributed by atoms with Gasteiger partial charge in [0.1, 0.15) is 0 Å². The average molecular weight is 197 g/mol. The number of unbranched alkanes of at least 4 members (excludes halogenated alkanes) is 2. The van der Waals surface area contributed by atoms with Crippen molar-refractivity contribution in [2.45, 2.75) is 26.2 Å². The first kappa shape index (κ1) is 17.9. The minimum absolute atomic E-state index is 0. The van der Waals surface area contributed by atoms with Crippen molar-refractivity contribution in [1.82, 2.24) is 0 Å². The molecule has 0 heterocycles. The molecule has 0 fully saturated rings. The fourth-order valence-electron chi connectivity index (χ4n) is 0.344. The van der Waals surface area contributed by atoms with Gasteiger partial charge in [-0.15, -0.1) is 11.6 Å². The first-order valence-electron chi connectivity index (χ1n) is 3.01. The molecule has 0 rings (SSSR count). The summed E-state index contributed by atoms with van der Waals surface area (Å²) in [5.74, 6) is 0.827. The van der Waals surface area contributed by atoms with E-state index in [0.29, 0.717) is 0 Å². The summed E-state index contributed by atoms with van der Waals surface area (Å²) in [7, 11) is 0. The van der Waals surface area contributed by atoms with Gasteiger partial charge in [-0.2, -0.15) is 4.21 Å². The molecule has 0 aromatic heterocycles. The molecule has 0 aliphatic rings. The fourth-order valence-corrected chi connectivity index (χ4v) is 0.533. The molecule has 0 aliphatic carbocycles. The minimum atomic E-state index is -2.61. The van der Waals surface area contributed by atoms with Gasteiger partial charge in [0, 0.05) is 5.88 Å². The van der Waals surface area contributed by atoms with Crippen LogP contribution in [0.4, 0.5) is 0 Å². The normalized spacial score (nSPS) is 8.09. The van der Waals surface area contributed by atoms with Gasteiger partial charge >= 0.3 is 18.9 Å². The third-order valence-corrected chi connectivity index (χ3v) is 1.00. The Hall–Kier alpha value is 0.957. The van der Waals surface area contributed by atoms with E-state index in [2.05, 4.69) is 6.92 Å². The standard InChI is InChI=1S/C5H11Cl.Li.H2O3S.H/c1-2-3-4-5-6;;1-4(2)3;/h2-5H2,1H3;;(H2,1,2,3);. The third kappa shape index (κ3) is 56.1. The summed E-state index contributed by atoms with van der Waals surface area (Å²) in [5.41, 5.74) is 0. The van der Waals surface area contributed by atoms with E-state index in [1.165, 1.54) is 19.3 Å². The molecule has 0 atom stereocenters. The molecule has 0 saturated heterocycles. The quantitative estimate of drug-likeness (QED) is 0.311. The number of hydrogen-bond acceptors (Lipinski definition) is 1. The molecule has 0 aliphatic heterocycles. The Kier molecular flexibility index (Phi) is 27.9. The SMILES string of the molecule is CCCCCCl.O=S(O)O.[LiH]. The molecule has 0 unspecified atom stereocenters. The molecule has 0 amide bonds. The summed E-state index contributed by atoms with van der Waals surface area (Å²) < 4.78 is 22.8. The second-order valence-corrected chi connectivity index (χ2v) is 2.47. The molecule has 6 heteroatoms. The van der Waals surface area contributed by atoms with Crippen LogP contribution >= 0.6 is 11.6 Å². The monoisotopic (exact) mass is 196 g/mol. The Bertz CT molecular complexity index is 76.1. The van der Waals surface area contributed by atoms with Crippen LogP contribution in [0.25, 0.3) is 0 Å². The summed E-state index contributed by atoms with van der Waals surface area (Å²) in [6, 6.07) is 0. The van der Waals surface area contributed by atoms with E-state index in [9.17, 15) is 0 Å². The first-order valence-corrected chi connectivity index (χ1v) is 4.60. The number of alkyl halides is 1. The Morgan fingerprint density at radius 3 is 1.82 bits per heavy atom. The van der Waals surface area contributed by atoms with Crippen LogP contribution in [-0.4, -0.2) is 38.1 Å². The van der Waals surface area contributed by atoms with Crippen molar-refractivity contribution >= 4 is 41.8 Å². The second kappa shape index (κ2) is 17.2. The van der Waals surface area contributed by atoms with E-state index in [-0.39, 0.29) is 18.9 Å². The van der Waals surface area contributed by atoms with Crippen molar-refractivity contribution in [2.75, 3.05) is 5.88 Å². The third-order valence-electron chi connectivity index (χ3n) is 0.737. The van der Waals surface area contributed by atoms with E-state index in [0.717, 1.165) is 5.88 Å². The van der Waals surface area contributed by atoms with Crippen LogP contribution in [-0.2, 0) is 11.4 Å². The maximum atomic E-state index is 8.67. The van der Waals surface area contributed by atoms with Crippen LogP contribution in [0.1, 0.15) is 26.2 Å². The van der Waals surface area contributed by atoms with Crippen molar-refractivity contribution < 1.29 is 13.3 Å². The van der Waals surface area contributed by atoms with Crippen molar-refractivity contribution in [1.29, 1.82) is 0 Å². The van der Waals surface area contributed by atoms with E-state index >= 15 is 0 Å². The Morgan fingerprint density at radius 1 is 1.36 bits per heavy atom. The number of rotatable bonds is 3. The van der Waals surface area contributed by atoms with E-state index < -0.39 is 11.4 Å². The van der Waals surface area contributed by atoms with Gasteiger partial charge in [0.25, 0.3) is 11.4 Å². The summed E-state index contributed by atoms with van der Waals surface area (Å²) in [6.45, 7) is 2.17. The van der Waals surface area contributed by atoms with E-state index in [1.54, 1.807) is 0 Å². The zero-order chi connectivity index (χ0) is 8.41. The summed E-state index contributed by atoms with van der Waals surface area (Å²) in [4.78, 5) is 0. The first-order chi connectivity index (χ1) is 4.65. The topological polar surface area (TPSA) is 57.5 Å². The van der Waals surface area contributed by atoms with Gasteiger partial charge in [0.15, 0.2) is 0 Å². The molecule has 0 spiro atoms. The molecule has 0 aromatic rings. The van der Waals surface area contributed by atoms with E-state index in [1.807, 2.05) is 0 Å². The molecule has 2 N–H and O–H groups in total. The predicted molar refractivity (Wildman–Crippen MR) is 50.8 cm³/mol. The summed E-state index contributed by atoms with van der Waals surface area (Å²) >= 11 is 2.77. The van der Waals surface area contributed by atoms with Crippen molar-refractivity contribution in [3.63, 3.8) is 0 Å². The van der Waals surface area contributed by atoms with Gasteiger partial charge in [-0.25, -0.2) is 0 Å². The Balaban J connectivity index is -0.000000114.